The number of H-pyrrole nitrogens is 1. The summed E-state index contributed by atoms with van der Waals surface area (Å²) in [4.78, 5) is 27.5. The van der Waals surface area contributed by atoms with Crippen LogP contribution in [-0.4, -0.2) is 16.8 Å². The second kappa shape index (κ2) is 6.72. The minimum atomic E-state index is -0.352. The van der Waals surface area contributed by atoms with E-state index in [0.29, 0.717) is 5.56 Å². The van der Waals surface area contributed by atoms with Crippen LogP contribution in [0.25, 0.3) is 21.7 Å². The number of fused-ring (bicyclic) bond motifs is 2. The van der Waals surface area contributed by atoms with Gasteiger partial charge in [-0.1, -0.05) is 60.7 Å². The fraction of sp³-hybridized carbons (Fsp3) is 0.0476. The smallest absolute Gasteiger partial charge is 0.271 e. The summed E-state index contributed by atoms with van der Waals surface area (Å²) in [5, 5.41) is 3.03. The maximum absolute atomic E-state index is 12.3. The first kappa shape index (κ1) is 15.9. The van der Waals surface area contributed by atoms with Crippen molar-refractivity contribution < 1.29 is 9.59 Å². The minimum Gasteiger partial charge on any atom is -0.360 e. The number of hydrazine groups is 1. The molecule has 0 unspecified atom stereocenters. The van der Waals surface area contributed by atoms with Crippen LogP contribution in [0.5, 0.6) is 0 Å². The number of para-hydroxylation sites is 1. The van der Waals surface area contributed by atoms with E-state index in [1.54, 1.807) is 6.20 Å². The molecule has 3 N–H and O–H groups in total. The average Bonchev–Trinajstić information content (AvgIpc) is 3.10. The molecule has 0 aliphatic carbocycles. The fourth-order valence-electron chi connectivity index (χ4n) is 3.03. The van der Waals surface area contributed by atoms with Gasteiger partial charge in [-0.3, -0.25) is 20.4 Å². The van der Waals surface area contributed by atoms with Crippen LogP contribution in [0.4, 0.5) is 0 Å². The molecule has 5 heteroatoms. The Bertz CT molecular complexity index is 1110. The van der Waals surface area contributed by atoms with Gasteiger partial charge in [-0.2, -0.15) is 0 Å². The number of rotatable bonds is 3. The highest BCUT2D eigenvalue weighted by Crippen LogP contribution is 2.17. The van der Waals surface area contributed by atoms with Crippen LogP contribution >= 0.6 is 0 Å². The number of carbonyl (C=O) groups excluding carboxylic acids is 2. The van der Waals surface area contributed by atoms with Crippen molar-refractivity contribution in [2.45, 2.75) is 6.42 Å². The SMILES string of the molecule is O=C(Cc1ccc2ccccc2c1)NNC(=O)c1c[nH]c2ccccc12. The Kier molecular flexibility index (Phi) is 4.11. The Hall–Kier alpha value is -3.60. The van der Waals surface area contributed by atoms with Gasteiger partial charge in [-0.25, -0.2) is 0 Å². The monoisotopic (exact) mass is 343 g/mol. The van der Waals surface area contributed by atoms with Gasteiger partial charge >= 0.3 is 0 Å². The Labute approximate surface area is 150 Å². The zero-order valence-corrected chi connectivity index (χ0v) is 14.0. The lowest BCUT2D eigenvalue weighted by atomic mass is 10.1. The van der Waals surface area contributed by atoms with Gasteiger partial charge < -0.3 is 4.98 Å². The summed E-state index contributed by atoms with van der Waals surface area (Å²) in [6, 6.07) is 21.4. The molecular weight excluding hydrogens is 326 g/mol. The van der Waals surface area contributed by atoms with Crippen molar-refractivity contribution in [2.24, 2.45) is 0 Å². The van der Waals surface area contributed by atoms with Crippen LogP contribution in [-0.2, 0) is 11.2 Å². The third kappa shape index (κ3) is 3.15. The maximum atomic E-state index is 12.3. The van der Waals surface area contributed by atoms with Crippen molar-refractivity contribution in [1.82, 2.24) is 15.8 Å². The van der Waals surface area contributed by atoms with Gasteiger partial charge in [0.2, 0.25) is 5.91 Å². The largest absolute Gasteiger partial charge is 0.360 e. The molecule has 0 saturated carbocycles. The van der Waals surface area contributed by atoms with E-state index in [0.717, 1.165) is 27.2 Å². The topological polar surface area (TPSA) is 74.0 Å². The van der Waals surface area contributed by atoms with Gasteiger partial charge in [0.1, 0.15) is 0 Å². The Morgan fingerprint density at radius 1 is 0.846 bits per heavy atom. The molecule has 0 atom stereocenters. The van der Waals surface area contributed by atoms with E-state index in [1.165, 1.54) is 0 Å². The van der Waals surface area contributed by atoms with E-state index in [9.17, 15) is 9.59 Å². The molecule has 128 valence electrons. The highest BCUT2D eigenvalue weighted by Gasteiger charge is 2.12. The predicted molar refractivity (Wildman–Crippen MR) is 102 cm³/mol. The first-order chi connectivity index (χ1) is 12.7. The second-order valence-electron chi connectivity index (χ2n) is 6.11. The Morgan fingerprint density at radius 3 is 2.50 bits per heavy atom. The molecule has 0 bridgehead atoms. The van der Waals surface area contributed by atoms with Crippen LogP contribution in [0, 0.1) is 0 Å². The summed E-state index contributed by atoms with van der Waals surface area (Å²) in [6.07, 6.45) is 1.83. The number of hydrogen-bond donors (Lipinski definition) is 3. The van der Waals surface area contributed by atoms with Crippen molar-refractivity contribution >= 4 is 33.5 Å². The molecule has 0 radical (unpaired) electrons. The van der Waals surface area contributed by atoms with E-state index < -0.39 is 0 Å². The first-order valence-electron chi connectivity index (χ1n) is 8.34. The number of aromatic nitrogens is 1. The molecule has 4 aromatic rings. The highest BCUT2D eigenvalue weighted by molar-refractivity contribution is 6.07. The molecule has 3 aromatic carbocycles. The number of aromatic amines is 1. The quantitative estimate of drug-likeness (QED) is 0.499. The molecule has 1 aromatic heterocycles. The minimum absolute atomic E-state index is 0.193. The van der Waals surface area contributed by atoms with Gasteiger partial charge in [-0.05, 0) is 22.4 Å². The van der Waals surface area contributed by atoms with Crippen LogP contribution in [0.15, 0.2) is 72.9 Å². The van der Waals surface area contributed by atoms with Crippen LogP contribution in [0.3, 0.4) is 0 Å². The highest BCUT2D eigenvalue weighted by atomic mass is 16.2. The molecule has 26 heavy (non-hydrogen) atoms. The molecule has 2 amide bonds. The Balaban J connectivity index is 1.40. The molecule has 0 aliphatic rings. The molecule has 4 rings (SSSR count). The van der Waals surface area contributed by atoms with Gasteiger partial charge in [0.05, 0.1) is 12.0 Å². The van der Waals surface area contributed by atoms with E-state index in [1.807, 2.05) is 66.7 Å². The van der Waals surface area contributed by atoms with E-state index in [2.05, 4.69) is 15.8 Å². The molecule has 0 aliphatic heterocycles. The van der Waals surface area contributed by atoms with Crippen molar-refractivity contribution in [3.8, 4) is 0 Å². The molecule has 0 spiro atoms. The van der Waals surface area contributed by atoms with Gasteiger partial charge in [0, 0.05) is 17.1 Å². The summed E-state index contributed by atoms with van der Waals surface area (Å²) in [5.74, 6) is -0.622. The standard InChI is InChI=1S/C21H17N3O2/c25-20(12-14-9-10-15-5-1-2-6-16(15)11-14)23-24-21(26)18-13-22-19-8-4-3-7-17(18)19/h1-11,13,22H,12H2,(H,23,25)(H,24,26). The molecular formula is C21H17N3O2. The number of carbonyl (C=O) groups is 2. The average molecular weight is 343 g/mol. The van der Waals surface area contributed by atoms with Crippen molar-refractivity contribution in [1.29, 1.82) is 0 Å². The van der Waals surface area contributed by atoms with E-state index in [-0.39, 0.29) is 18.2 Å². The number of amides is 2. The normalized spacial score (nSPS) is 10.8. The number of hydrogen-bond acceptors (Lipinski definition) is 2. The van der Waals surface area contributed by atoms with Gasteiger partial charge in [0.25, 0.3) is 5.91 Å². The third-order valence-electron chi connectivity index (χ3n) is 4.33. The maximum Gasteiger partial charge on any atom is 0.271 e. The zero-order chi connectivity index (χ0) is 17.9. The summed E-state index contributed by atoms with van der Waals surface area (Å²) >= 11 is 0. The molecule has 5 nitrogen and oxygen atoms in total. The Morgan fingerprint density at radius 2 is 1.62 bits per heavy atom. The number of benzene rings is 3. The van der Waals surface area contributed by atoms with Crippen molar-refractivity contribution in [3.63, 3.8) is 0 Å². The summed E-state index contributed by atoms with van der Waals surface area (Å²) in [7, 11) is 0. The second-order valence-corrected chi connectivity index (χ2v) is 6.11. The van der Waals surface area contributed by atoms with Crippen LogP contribution in [0.1, 0.15) is 15.9 Å². The van der Waals surface area contributed by atoms with Crippen molar-refractivity contribution in [2.75, 3.05) is 0 Å². The lowest BCUT2D eigenvalue weighted by Crippen LogP contribution is -2.42. The summed E-state index contributed by atoms with van der Waals surface area (Å²) in [6.45, 7) is 0. The van der Waals surface area contributed by atoms with Crippen molar-refractivity contribution in [3.05, 3.63) is 84.1 Å². The lowest BCUT2D eigenvalue weighted by Gasteiger charge is -2.08. The van der Waals surface area contributed by atoms with Crippen LogP contribution < -0.4 is 10.9 Å². The molecule has 1 heterocycles. The van der Waals surface area contributed by atoms with Crippen LogP contribution in [0.2, 0.25) is 0 Å². The lowest BCUT2D eigenvalue weighted by molar-refractivity contribution is -0.121. The third-order valence-corrected chi connectivity index (χ3v) is 4.33. The van der Waals surface area contributed by atoms with Gasteiger partial charge in [0.15, 0.2) is 0 Å². The van der Waals surface area contributed by atoms with E-state index >= 15 is 0 Å². The summed E-state index contributed by atoms with van der Waals surface area (Å²) < 4.78 is 0. The predicted octanol–water partition coefficient (Wildman–Crippen LogP) is 3.32. The zero-order valence-electron chi connectivity index (χ0n) is 14.0. The van der Waals surface area contributed by atoms with Gasteiger partial charge in [-0.15, -0.1) is 0 Å². The van der Waals surface area contributed by atoms with E-state index in [4.69, 9.17) is 0 Å². The first-order valence-corrected chi connectivity index (χ1v) is 8.34. The number of nitrogens with one attached hydrogen (secondary N) is 3. The fourth-order valence-corrected chi connectivity index (χ4v) is 3.03. The molecule has 0 saturated heterocycles. The summed E-state index contributed by atoms with van der Waals surface area (Å²) in [5.41, 5.74) is 7.21. The molecule has 0 fully saturated rings.